The van der Waals surface area contributed by atoms with Gasteiger partial charge < -0.3 is 16.2 Å². The fraction of sp³-hybridized carbons (Fsp3) is 0.444. The average molecular weight is 481 g/mol. The van der Waals surface area contributed by atoms with Gasteiger partial charge in [0.1, 0.15) is 5.00 Å². The number of aliphatic carboxylic acids is 1. The zero-order chi connectivity index (χ0) is 24.9. The van der Waals surface area contributed by atoms with Crippen molar-refractivity contribution in [3.63, 3.8) is 0 Å². The van der Waals surface area contributed by atoms with Gasteiger partial charge in [0.15, 0.2) is 0 Å². The van der Waals surface area contributed by atoms with Gasteiger partial charge in [0.25, 0.3) is 5.91 Å². The Morgan fingerprint density at radius 3 is 2.15 bits per heavy atom. The van der Waals surface area contributed by atoms with Gasteiger partial charge in [0, 0.05) is 10.4 Å². The number of benzene rings is 1. The molecular weight excluding hydrogens is 448 g/mol. The Bertz CT molecular complexity index is 1190. The van der Waals surface area contributed by atoms with Crippen molar-refractivity contribution < 1.29 is 19.5 Å². The van der Waals surface area contributed by atoms with Crippen LogP contribution in [0.3, 0.4) is 0 Å². The molecule has 2 aromatic rings. The van der Waals surface area contributed by atoms with Crippen LogP contribution in [0.15, 0.2) is 35.4 Å². The summed E-state index contributed by atoms with van der Waals surface area (Å²) >= 11 is 1.31. The first-order valence-corrected chi connectivity index (χ1v) is 12.6. The summed E-state index contributed by atoms with van der Waals surface area (Å²) in [6.07, 6.45) is 1.61. The van der Waals surface area contributed by atoms with Gasteiger partial charge >= 0.3 is 5.97 Å². The highest BCUT2D eigenvalue weighted by molar-refractivity contribution is 7.17. The molecule has 0 unspecified atom stereocenters. The summed E-state index contributed by atoms with van der Waals surface area (Å²) in [4.78, 5) is 39.0. The van der Waals surface area contributed by atoms with Crippen molar-refractivity contribution >= 4 is 34.1 Å². The standard InChI is InChI=1S/C27H32N2O4S/c1-12(2)15-6-8-16(9-7-15)20-14(5)34-26(23(20)24(28)30)29-25(31)21-17-10-11-18(19(17)13(3)4)22(21)27(32)33/h6-9,12,17-18,21-22H,10-11H2,1-5H3,(H2,28,30)(H,29,31)(H,32,33)/t17-,18-,21+,22-/m1/s1. The lowest BCUT2D eigenvalue weighted by Gasteiger charge is -2.26. The number of nitrogens with one attached hydrogen (secondary N) is 1. The van der Waals surface area contributed by atoms with E-state index in [1.807, 2.05) is 45.0 Å². The summed E-state index contributed by atoms with van der Waals surface area (Å²) in [5, 5.41) is 13.3. The highest BCUT2D eigenvalue weighted by atomic mass is 32.1. The molecule has 180 valence electrons. The molecule has 2 aliphatic rings. The molecule has 2 bridgehead atoms. The maximum atomic E-state index is 13.5. The Morgan fingerprint density at radius 1 is 1.06 bits per heavy atom. The fourth-order valence-electron chi connectivity index (χ4n) is 6.05. The lowest BCUT2D eigenvalue weighted by Crippen LogP contribution is -2.38. The van der Waals surface area contributed by atoms with E-state index in [2.05, 4.69) is 19.2 Å². The molecule has 4 N–H and O–H groups in total. The number of carbonyl (C=O) groups is 3. The van der Waals surface area contributed by atoms with E-state index in [0.717, 1.165) is 40.0 Å². The summed E-state index contributed by atoms with van der Waals surface area (Å²) in [6.45, 7) is 10.1. The van der Waals surface area contributed by atoms with Crippen LogP contribution >= 0.6 is 11.3 Å². The lowest BCUT2D eigenvalue weighted by atomic mass is 9.78. The number of amides is 2. The topological polar surface area (TPSA) is 109 Å². The molecule has 1 aromatic carbocycles. The predicted octanol–water partition coefficient (Wildman–Crippen LogP) is 5.58. The normalized spacial score (nSPS) is 23.4. The van der Waals surface area contributed by atoms with Crippen LogP contribution in [-0.2, 0) is 9.59 Å². The number of rotatable bonds is 6. The van der Waals surface area contributed by atoms with Gasteiger partial charge in [0.05, 0.1) is 17.4 Å². The summed E-state index contributed by atoms with van der Waals surface area (Å²) in [5.41, 5.74) is 11.1. The van der Waals surface area contributed by atoms with Gasteiger partial charge in [-0.05, 0) is 62.5 Å². The van der Waals surface area contributed by atoms with Gasteiger partial charge in [-0.15, -0.1) is 11.3 Å². The van der Waals surface area contributed by atoms with E-state index in [1.54, 1.807) is 0 Å². The Morgan fingerprint density at radius 2 is 1.65 bits per heavy atom. The van der Waals surface area contributed by atoms with Crippen LogP contribution in [0.1, 0.15) is 67.3 Å². The number of allylic oxidation sites excluding steroid dienone is 2. The molecule has 0 aliphatic heterocycles. The van der Waals surface area contributed by atoms with Crippen molar-refractivity contribution in [1.82, 2.24) is 0 Å². The summed E-state index contributed by atoms with van der Waals surface area (Å²) < 4.78 is 0. The molecule has 6 nitrogen and oxygen atoms in total. The van der Waals surface area contributed by atoms with E-state index in [0.29, 0.717) is 10.9 Å². The monoisotopic (exact) mass is 480 g/mol. The number of fused-ring (bicyclic) bond motifs is 2. The van der Waals surface area contributed by atoms with E-state index in [-0.39, 0.29) is 23.3 Å². The lowest BCUT2D eigenvalue weighted by molar-refractivity contribution is -0.148. The highest BCUT2D eigenvalue weighted by Crippen LogP contribution is 2.57. The van der Waals surface area contributed by atoms with E-state index in [9.17, 15) is 19.5 Å². The Labute approximate surface area is 204 Å². The molecule has 7 heteroatoms. The maximum absolute atomic E-state index is 13.5. The van der Waals surface area contributed by atoms with E-state index >= 15 is 0 Å². The molecular formula is C27H32N2O4S. The minimum atomic E-state index is -0.936. The summed E-state index contributed by atoms with van der Waals surface area (Å²) in [5.74, 6) is -3.08. The van der Waals surface area contributed by atoms with Gasteiger partial charge in [0.2, 0.25) is 5.91 Å². The van der Waals surface area contributed by atoms with Crippen molar-refractivity contribution in [3.8, 4) is 11.1 Å². The van der Waals surface area contributed by atoms with Crippen LogP contribution in [0.25, 0.3) is 11.1 Å². The number of nitrogens with two attached hydrogens (primary N) is 1. The van der Waals surface area contributed by atoms with Crippen molar-refractivity contribution in [2.75, 3.05) is 5.32 Å². The smallest absolute Gasteiger partial charge is 0.307 e. The van der Waals surface area contributed by atoms with Gasteiger partial charge in [-0.3, -0.25) is 14.4 Å². The Balaban J connectivity index is 1.70. The third kappa shape index (κ3) is 3.96. The first-order valence-electron chi connectivity index (χ1n) is 11.8. The predicted molar refractivity (Wildman–Crippen MR) is 135 cm³/mol. The Hall–Kier alpha value is -2.93. The Kier molecular flexibility index (Phi) is 6.42. The number of primary amides is 1. The van der Waals surface area contributed by atoms with Crippen molar-refractivity contribution in [2.45, 2.75) is 53.4 Å². The van der Waals surface area contributed by atoms with Crippen LogP contribution < -0.4 is 11.1 Å². The zero-order valence-corrected chi connectivity index (χ0v) is 21.1. The molecule has 2 saturated carbocycles. The zero-order valence-electron chi connectivity index (χ0n) is 20.3. The third-order valence-electron chi connectivity index (χ3n) is 7.44. The van der Waals surface area contributed by atoms with Crippen LogP contribution in [-0.4, -0.2) is 22.9 Å². The van der Waals surface area contributed by atoms with E-state index < -0.39 is 23.7 Å². The number of anilines is 1. The molecule has 0 radical (unpaired) electrons. The SMILES string of the molecule is CC(C)=C1[C@H]2CC[C@H]1[C@@H](C(=O)O)[C@H]2C(=O)Nc1sc(C)c(-c2ccc(C(C)C)cc2)c1C(N)=O. The molecule has 2 amide bonds. The number of hydrogen-bond acceptors (Lipinski definition) is 4. The number of carboxylic acid groups (broad SMARTS) is 1. The number of hydrogen-bond donors (Lipinski definition) is 3. The maximum Gasteiger partial charge on any atom is 0.307 e. The van der Waals surface area contributed by atoms with Gasteiger partial charge in [-0.1, -0.05) is 49.3 Å². The molecule has 0 spiro atoms. The number of carbonyl (C=O) groups excluding carboxylic acids is 2. The minimum absolute atomic E-state index is 0.0720. The van der Waals surface area contributed by atoms with Gasteiger partial charge in [-0.2, -0.15) is 0 Å². The second-order valence-corrected chi connectivity index (χ2v) is 11.2. The van der Waals surface area contributed by atoms with Crippen molar-refractivity contribution in [3.05, 3.63) is 51.4 Å². The molecule has 0 saturated heterocycles. The average Bonchev–Trinajstić information content (AvgIpc) is 3.42. The van der Waals surface area contributed by atoms with E-state index in [4.69, 9.17) is 5.73 Å². The van der Waals surface area contributed by atoms with Gasteiger partial charge in [-0.25, -0.2) is 0 Å². The highest BCUT2D eigenvalue weighted by Gasteiger charge is 2.57. The molecule has 34 heavy (non-hydrogen) atoms. The van der Waals surface area contributed by atoms with Crippen molar-refractivity contribution in [2.24, 2.45) is 29.4 Å². The molecule has 4 rings (SSSR count). The minimum Gasteiger partial charge on any atom is -0.481 e. The largest absolute Gasteiger partial charge is 0.481 e. The summed E-state index contributed by atoms with van der Waals surface area (Å²) in [6, 6.07) is 8.02. The molecule has 2 fully saturated rings. The first kappa shape index (κ1) is 24.2. The second-order valence-electron chi connectivity index (χ2n) is 10.0. The molecule has 2 aliphatic carbocycles. The molecule has 1 heterocycles. The van der Waals surface area contributed by atoms with Crippen LogP contribution in [0.5, 0.6) is 0 Å². The third-order valence-corrected chi connectivity index (χ3v) is 8.46. The number of thiophene rings is 1. The van der Waals surface area contributed by atoms with Crippen LogP contribution in [0.2, 0.25) is 0 Å². The molecule has 1 aromatic heterocycles. The number of aryl methyl sites for hydroxylation is 1. The van der Waals surface area contributed by atoms with Crippen molar-refractivity contribution in [1.29, 1.82) is 0 Å². The number of carboxylic acids is 1. The van der Waals surface area contributed by atoms with Crippen LogP contribution in [0.4, 0.5) is 5.00 Å². The van der Waals surface area contributed by atoms with E-state index in [1.165, 1.54) is 16.9 Å². The fourth-order valence-corrected chi connectivity index (χ4v) is 7.13. The quantitative estimate of drug-likeness (QED) is 0.469. The molecule has 4 atom stereocenters. The summed E-state index contributed by atoms with van der Waals surface area (Å²) in [7, 11) is 0. The first-order chi connectivity index (χ1) is 16.0. The van der Waals surface area contributed by atoms with Crippen LogP contribution in [0, 0.1) is 30.6 Å². The second kappa shape index (κ2) is 9.02.